The maximum Gasteiger partial charge on any atom is 0.256 e. The number of aromatic nitrogens is 1. The number of halogens is 2. The van der Waals surface area contributed by atoms with Crippen LogP contribution in [0.3, 0.4) is 0 Å². The summed E-state index contributed by atoms with van der Waals surface area (Å²) in [5.74, 6) is 0.307. The number of rotatable bonds is 6. The van der Waals surface area contributed by atoms with Gasteiger partial charge in [-0.2, -0.15) is 0 Å². The van der Waals surface area contributed by atoms with Gasteiger partial charge in [-0.3, -0.25) is 14.7 Å². The molecular weight excluding hydrogens is 437 g/mol. The van der Waals surface area contributed by atoms with Gasteiger partial charge in [-0.1, -0.05) is 29.8 Å². The van der Waals surface area contributed by atoms with Crippen molar-refractivity contribution in [2.75, 3.05) is 13.1 Å². The van der Waals surface area contributed by atoms with Gasteiger partial charge in [0.2, 0.25) is 0 Å². The van der Waals surface area contributed by atoms with E-state index in [9.17, 15) is 9.18 Å². The number of fused-ring (bicyclic) bond motifs is 1. The molecule has 0 saturated carbocycles. The molecule has 0 bridgehead atoms. The molecule has 0 atom stereocenters. The summed E-state index contributed by atoms with van der Waals surface area (Å²) in [5.41, 5.74) is 5.05. The monoisotopic (exact) mass is 463 g/mol. The minimum atomic E-state index is -0.273. The van der Waals surface area contributed by atoms with Crippen molar-refractivity contribution in [1.82, 2.24) is 14.8 Å². The molecule has 33 heavy (non-hydrogen) atoms. The van der Waals surface area contributed by atoms with E-state index in [0.29, 0.717) is 29.6 Å². The number of carbonyl (C=O) groups is 1. The van der Waals surface area contributed by atoms with Crippen LogP contribution in [0.1, 0.15) is 45.5 Å². The Morgan fingerprint density at radius 2 is 1.64 bits per heavy atom. The zero-order valence-electron chi connectivity index (χ0n) is 18.5. The van der Waals surface area contributed by atoms with E-state index >= 15 is 0 Å². The molecule has 0 radical (unpaired) electrons. The van der Waals surface area contributed by atoms with Gasteiger partial charge in [-0.15, -0.1) is 0 Å². The third-order valence-electron chi connectivity index (χ3n) is 6.77. The minimum absolute atomic E-state index is 0.0460. The van der Waals surface area contributed by atoms with Gasteiger partial charge in [-0.25, -0.2) is 4.39 Å². The fourth-order valence-corrected chi connectivity index (χ4v) is 5.35. The second kappa shape index (κ2) is 9.62. The molecule has 1 aromatic heterocycles. The Hall–Kier alpha value is -2.76. The molecule has 170 valence electrons. The highest BCUT2D eigenvalue weighted by Gasteiger charge is 2.30. The predicted octanol–water partition coefficient (Wildman–Crippen LogP) is 5.48. The van der Waals surface area contributed by atoms with Crippen LogP contribution in [0.5, 0.6) is 0 Å². The first-order chi connectivity index (χ1) is 16.0. The quantitative estimate of drug-likeness (QED) is 0.485. The summed E-state index contributed by atoms with van der Waals surface area (Å²) in [6, 6.07) is 14.6. The molecule has 2 aliphatic rings. The normalized spacial score (nSPS) is 16.9. The van der Waals surface area contributed by atoms with E-state index in [1.807, 2.05) is 18.5 Å². The second-order valence-electron chi connectivity index (χ2n) is 9.18. The van der Waals surface area contributed by atoms with Gasteiger partial charge in [0.05, 0.1) is 10.6 Å². The van der Waals surface area contributed by atoms with E-state index in [-0.39, 0.29) is 11.7 Å². The van der Waals surface area contributed by atoms with Crippen molar-refractivity contribution in [2.45, 2.75) is 38.9 Å². The zero-order chi connectivity index (χ0) is 22.8. The van der Waals surface area contributed by atoms with Gasteiger partial charge in [-0.05, 0) is 90.9 Å². The van der Waals surface area contributed by atoms with Crippen LogP contribution in [0, 0.1) is 11.7 Å². The van der Waals surface area contributed by atoms with Crippen molar-refractivity contribution >= 4 is 17.5 Å². The Balaban J connectivity index is 1.20. The van der Waals surface area contributed by atoms with Crippen LogP contribution < -0.4 is 0 Å². The molecule has 6 heteroatoms. The maximum absolute atomic E-state index is 13.2. The molecule has 0 aliphatic carbocycles. The molecule has 1 fully saturated rings. The summed E-state index contributed by atoms with van der Waals surface area (Å²) in [5, 5.41) is 0.546. The summed E-state index contributed by atoms with van der Waals surface area (Å²) in [6.07, 6.45) is 7.02. The molecule has 2 aromatic carbocycles. The SMILES string of the molecule is O=C1c2c(Cl)cc(CC3CCN(Cc4ccncc4)CC3)cc2CN1Cc1ccc(F)cc1. The Bertz CT molecular complexity index is 1130. The third kappa shape index (κ3) is 5.10. The smallest absolute Gasteiger partial charge is 0.256 e. The van der Waals surface area contributed by atoms with Crippen molar-refractivity contribution in [3.05, 3.63) is 99.6 Å². The summed E-state index contributed by atoms with van der Waals surface area (Å²) < 4.78 is 13.2. The molecule has 3 aromatic rings. The van der Waals surface area contributed by atoms with Gasteiger partial charge in [0.1, 0.15) is 5.82 Å². The Morgan fingerprint density at radius 1 is 0.939 bits per heavy atom. The van der Waals surface area contributed by atoms with Crippen molar-refractivity contribution in [3.8, 4) is 0 Å². The molecular formula is C27H27ClFN3O. The van der Waals surface area contributed by atoms with Crippen LogP contribution >= 0.6 is 11.6 Å². The Morgan fingerprint density at radius 3 is 2.36 bits per heavy atom. The fourth-order valence-electron chi connectivity index (χ4n) is 5.01. The van der Waals surface area contributed by atoms with Gasteiger partial charge < -0.3 is 4.90 Å². The van der Waals surface area contributed by atoms with Crippen molar-refractivity contribution in [2.24, 2.45) is 5.92 Å². The topological polar surface area (TPSA) is 36.4 Å². The van der Waals surface area contributed by atoms with Crippen LogP contribution in [0.2, 0.25) is 5.02 Å². The van der Waals surface area contributed by atoms with E-state index in [1.54, 1.807) is 17.0 Å². The second-order valence-corrected chi connectivity index (χ2v) is 9.59. The first-order valence-corrected chi connectivity index (χ1v) is 11.9. The van der Waals surface area contributed by atoms with Crippen LogP contribution in [0.4, 0.5) is 4.39 Å². The first kappa shape index (κ1) is 22.1. The number of hydrogen-bond acceptors (Lipinski definition) is 3. The van der Waals surface area contributed by atoms with Gasteiger partial charge in [0.25, 0.3) is 5.91 Å². The number of amides is 1. The van der Waals surface area contributed by atoms with E-state index < -0.39 is 0 Å². The lowest BCUT2D eigenvalue weighted by molar-refractivity contribution is 0.0767. The highest BCUT2D eigenvalue weighted by atomic mass is 35.5. The van der Waals surface area contributed by atoms with Gasteiger partial charge >= 0.3 is 0 Å². The number of carbonyl (C=O) groups excluding carboxylic acids is 1. The molecule has 1 saturated heterocycles. The molecule has 5 rings (SSSR count). The average molecular weight is 464 g/mol. The number of likely N-dealkylation sites (tertiary alicyclic amines) is 1. The van der Waals surface area contributed by atoms with Crippen molar-refractivity contribution in [1.29, 1.82) is 0 Å². The first-order valence-electron chi connectivity index (χ1n) is 11.5. The number of benzene rings is 2. The average Bonchev–Trinajstić information content (AvgIpc) is 3.13. The van der Waals surface area contributed by atoms with Crippen LogP contribution in [-0.4, -0.2) is 33.8 Å². The largest absolute Gasteiger partial charge is 0.330 e. The highest BCUT2D eigenvalue weighted by molar-refractivity contribution is 6.34. The van der Waals surface area contributed by atoms with Crippen molar-refractivity contribution in [3.63, 3.8) is 0 Å². The molecule has 0 spiro atoms. The maximum atomic E-state index is 13.2. The number of hydrogen-bond donors (Lipinski definition) is 0. The fraction of sp³-hybridized carbons (Fsp3) is 0.333. The molecule has 4 nitrogen and oxygen atoms in total. The van der Waals surface area contributed by atoms with Crippen LogP contribution in [0.25, 0.3) is 0 Å². The summed E-state index contributed by atoms with van der Waals surface area (Å²) >= 11 is 6.58. The molecule has 1 amide bonds. The molecule has 3 heterocycles. The van der Waals surface area contributed by atoms with Crippen molar-refractivity contribution < 1.29 is 9.18 Å². The van der Waals surface area contributed by atoms with Gasteiger partial charge in [0, 0.05) is 32.0 Å². The zero-order valence-corrected chi connectivity index (χ0v) is 19.3. The van der Waals surface area contributed by atoms with E-state index in [2.05, 4.69) is 28.1 Å². The minimum Gasteiger partial charge on any atom is -0.330 e. The lowest BCUT2D eigenvalue weighted by Gasteiger charge is -2.32. The lowest BCUT2D eigenvalue weighted by Crippen LogP contribution is -2.33. The van der Waals surface area contributed by atoms with Crippen LogP contribution in [-0.2, 0) is 26.1 Å². The molecule has 0 N–H and O–H groups in total. The summed E-state index contributed by atoms with van der Waals surface area (Å²) in [4.78, 5) is 21.3. The predicted molar refractivity (Wildman–Crippen MR) is 127 cm³/mol. The number of pyridine rings is 1. The van der Waals surface area contributed by atoms with E-state index in [1.165, 1.54) is 23.3 Å². The van der Waals surface area contributed by atoms with Crippen LogP contribution in [0.15, 0.2) is 60.9 Å². The Labute approximate surface area is 199 Å². The Kier molecular flexibility index (Phi) is 6.43. The lowest BCUT2D eigenvalue weighted by atomic mass is 9.89. The number of piperidine rings is 1. The molecule has 2 aliphatic heterocycles. The summed E-state index contributed by atoms with van der Waals surface area (Å²) in [6.45, 7) is 4.16. The highest BCUT2D eigenvalue weighted by Crippen LogP contribution is 2.33. The van der Waals surface area contributed by atoms with E-state index in [0.717, 1.165) is 50.0 Å². The third-order valence-corrected chi connectivity index (χ3v) is 7.07. The molecule has 0 unspecified atom stereocenters. The van der Waals surface area contributed by atoms with E-state index in [4.69, 9.17) is 11.6 Å². The van der Waals surface area contributed by atoms with Gasteiger partial charge in [0.15, 0.2) is 0 Å². The standard InChI is InChI=1S/C27H27ClFN3O/c28-25-15-22(13-19-7-11-31(12-8-19)16-21-5-9-30-10-6-21)14-23-18-32(27(33)26(23)25)17-20-1-3-24(29)4-2-20/h1-6,9-10,14-15,19H,7-8,11-13,16-18H2. The summed E-state index contributed by atoms with van der Waals surface area (Å²) in [7, 11) is 0. The number of nitrogens with zero attached hydrogens (tertiary/aromatic N) is 3.